The lowest BCUT2D eigenvalue weighted by Crippen LogP contribution is -2.57. The minimum atomic E-state index is -1.59. The molecule has 0 aromatic heterocycles. The summed E-state index contributed by atoms with van der Waals surface area (Å²) in [5.41, 5.74) is -0.697. The Labute approximate surface area is 282 Å². The fourth-order valence-electron chi connectivity index (χ4n) is 7.56. The fraction of sp³-hybridized carbons (Fsp3) is 0.412. The Morgan fingerprint density at radius 1 is 1.26 bits per heavy atom. The molecule has 2 heterocycles. The van der Waals surface area contributed by atoms with Crippen LogP contribution < -0.4 is 10.6 Å². The largest absolute Gasteiger partial charge is 0.465 e. The molecule has 1 saturated carbocycles. The fourth-order valence-corrected chi connectivity index (χ4v) is 7.80. The first-order valence-corrected chi connectivity index (χ1v) is 16.3. The number of rotatable bonds is 10. The normalized spacial score (nSPS) is 25.2. The number of amides is 1. The molecule has 2 aliphatic heterocycles. The molecule has 3 aliphatic rings. The van der Waals surface area contributed by atoms with Crippen LogP contribution in [-0.2, 0) is 21.6 Å². The standard InChI is InChI=1S/C34H37Cl2FN4O6/c1-20(35)8-7-11-26(37)30-31(38-18-22-13-12-21(32(43)47-2)16-28(22)41(45)46)29(19-42)40(24-9-5-3-4-6-10-24)34(30)25-15-14-23(36)17-27(25)39-33(34)44/h7-8,11-17,24,29-31,38,42H,1,3-6,9-10,18-19H2,2H3,(H,39,44)/b8-7-,26-11-/t29-,30-,31+,34+/m0/s1. The topological polar surface area (TPSA) is 134 Å². The summed E-state index contributed by atoms with van der Waals surface area (Å²) in [4.78, 5) is 40.0. The van der Waals surface area contributed by atoms with Crippen LogP contribution in [-0.4, -0.2) is 58.6 Å². The number of methoxy groups -OCH3 is 1. The summed E-state index contributed by atoms with van der Waals surface area (Å²) in [5, 5.41) is 30.0. The molecule has 2 aromatic rings. The van der Waals surface area contributed by atoms with Gasteiger partial charge < -0.3 is 20.5 Å². The summed E-state index contributed by atoms with van der Waals surface area (Å²) in [6.07, 6.45) is 9.41. The number of hydrogen-bond acceptors (Lipinski definition) is 8. The number of likely N-dealkylation sites (tertiary alicyclic amines) is 1. The molecule has 0 radical (unpaired) electrons. The van der Waals surface area contributed by atoms with E-state index in [9.17, 15) is 24.8 Å². The molecule has 1 amide bonds. The second-order valence-corrected chi connectivity index (χ2v) is 13.0. The van der Waals surface area contributed by atoms with Crippen LogP contribution in [0.1, 0.15) is 60.0 Å². The van der Waals surface area contributed by atoms with E-state index < -0.39 is 52.8 Å². The van der Waals surface area contributed by atoms with E-state index in [-0.39, 0.29) is 34.4 Å². The number of halogens is 3. The number of benzene rings is 2. The Morgan fingerprint density at radius 3 is 2.62 bits per heavy atom. The summed E-state index contributed by atoms with van der Waals surface area (Å²) < 4.78 is 21.6. The molecule has 2 fully saturated rings. The molecule has 10 nitrogen and oxygen atoms in total. The predicted octanol–water partition coefficient (Wildman–Crippen LogP) is 6.52. The van der Waals surface area contributed by atoms with Gasteiger partial charge in [0.15, 0.2) is 0 Å². The highest BCUT2D eigenvalue weighted by Crippen LogP contribution is 2.57. The lowest BCUT2D eigenvalue weighted by molar-refractivity contribution is -0.385. The quantitative estimate of drug-likeness (QED) is 0.0846. The van der Waals surface area contributed by atoms with Crippen molar-refractivity contribution in [1.82, 2.24) is 10.2 Å². The van der Waals surface area contributed by atoms with Crippen LogP contribution in [0.2, 0.25) is 5.02 Å². The molecule has 1 spiro atoms. The number of nitro groups is 1. The van der Waals surface area contributed by atoms with E-state index in [1.54, 1.807) is 18.2 Å². The van der Waals surface area contributed by atoms with Crippen LogP contribution in [0.5, 0.6) is 0 Å². The smallest absolute Gasteiger partial charge is 0.338 e. The number of fused-ring (bicyclic) bond motifs is 2. The second-order valence-electron chi connectivity index (χ2n) is 12.0. The summed E-state index contributed by atoms with van der Waals surface area (Å²) in [6.45, 7) is 3.07. The summed E-state index contributed by atoms with van der Waals surface area (Å²) in [6, 6.07) is 7.16. The van der Waals surface area contributed by atoms with Gasteiger partial charge in [-0.05, 0) is 43.2 Å². The molecule has 1 aliphatic carbocycles. The molecule has 5 rings (SSSR count). The van der Waals surface area contributed by atoms with Crippen molar-refractivity contribution in [1.29, 1.82) is 0 Å². The van der Waals surface area contributed by atoms with Gasteiger partial charge in [0.05, 0.1) is 36.2 Å². The number of ether oxygens (including phenoxy) is 1. The first kappa shape index (κ1) is 34.7. The summed E-state index contributed by atoms with van der Waals surface area (Å²) in [5.74, 6) is -3.02. The van der Waals surface area contributed by atoms with Crippen LogP contribution in [0, 0.1) is 16.0 Å². The molecular weight excluding hydrogens is 650 g/mol. The maximum atomic E-state index is 16.9. The highest BCUT2D eigenvalue weighted by Gasteiger charge is 2.68. The van der Waals surface area contributed by atoms with E-state index in [2.05, 4.69) is 17.2 Å². The number of hydrogen-bond donors (Lipinski definition) is 3. The van der Waals surface area contributed by atoms with Gasteiger partial charge in [-0.15, -0.1) is 0 Å². The number of nitro benzene ring substituents is 1. The number of carbonyl (C=O) groups excluding carboxylic acids is 2. The number of aliphatic hydroxyl groups is 1. The molecule has 250 valence electrons. The lowest BCUT2D eigenvalue weighted by atomic mass is 9.76. The van der Waals surface area contributed by atoms with Crippen molar-refractivity contribution in [2.24, 2.45) is 5.92 Å². The van der Waals surface area contributed by atoms with Crippen LogP contribution in [0.3, 0.4) is 0 Å². The van der Waals surface area contributed by atoms with Crippen molar-refractivity contribution in [3.8, 4) is 0 Å². The molecule has 3 N–H and O–H groups in total. The lowest BCUT2D eigenvalue weighted by Gasteiger charge is -2.43. The Morgan fingerprint density at radius 2 is 1.98 bits per heavy atom. The number of anilines is 1. The third-order valence-corrected chi connectivity index (χ3v) is 9.80. The van der Waals surface area contributed by atoms with Crippen LogP contribution in [0.15, 0.2) is 72.1 Å². The van der Waals surface area contributed by atoms with Gasteiger partial charge in [0.2, 0.25) is 5.91 Å². The van der Waals surface area contributed by atoms with Crippen LogP contribution >= 0.6 is 23.2 Å². The number of aliphatic hydroxyl groups excluding tert-OH is 1. The van der Waals surface area contributed by atoms with Gasteiger partial charge in [-0.2, -0.15) is 0 Å². The molecule has 4 atom stereocenters. The van der Waals surface area contributed by atoms with E-state index in [1.807, 2.05) is 4.90 Å². The minimum Gasteiger partial charge on any atom is -0.465 e. The predicted molar refractivity (Wildman–Crippen MR) is 178 cm³/mol. The van der Waals surface area contributed by atoms with E-state index in [0.717, 1.165) is 44.6 Å². The Balaban J connectivity index is 1.68. The maximum absolute atomic E-state index is 16.9. The van der Waals surface area contributed by atoms with E-state index in [1.165, 1.54) is 37.5 Å². The van der Waals surface area contributed by atoms with Crippen molar-refractivity contribution < 1.29 is 28.7 Å². The van der Waals surface area contributed by atoms with Gasteiger partial charge in [0, 0.05) is 51.6 Å². The highest BCUT2D eigenvalue weighted by molar-refractivity contribution is 6.31. The number of allylic oxidation sites excluding steroid dienone is 4. The van der Waals surface area contributed by atoms with Crippen molar-refractivity contribution in [3.63, 3.8) is 0 Å². The minimum absolute atomic E-state index is 0.00737. The van der Waals surface area contributed by atoms with Crippen molar-refractivity contribution in [2.75, 3.05) is 19.0 Å². The van der Waals surface area contributed by atoms with Gasteiger partial charge in [0.25, 0.3) is 5.69 Å². The Hall–Kier alpha value is -3.61. The summed E-state index contributed by atoms with van der Waals surface area (Å²) in [7, 11) is 1.18. The van der Waals surface area contributed by atoms with Crippen molar-refractivity contribution >= 4 is 46.5 Å². The Bertz CT molecular complexity index is 1630. The van der Waals surface area contributed by atoms with Crippen LogP contribution in [0.4, 0.5) is 15.8 Å². The molecular formula is C34H37Cl2FN4O6. The van der Waals surface area contributed by atoms with E-state index in [4.69, 9.17) is 27.9 Å². The highest BCUT2D eigenvalue weighted by atomic mass is 35.5. The molecule has 2 aromatic carbocycles. The van der Waals surface area contributed by atoms with Crippen molar-refractivity contribution in [3.05, 3.63) is 104 Å². The zero-order valence-corrected chi connectivity index (χ0v) is 27.4. The molecule has 0 bridgehead atoms. The molecule has 0 unspecified atom stereocenters. The average Bonchev–Trinajstić information content (AvgIpc) is 3.31. The van der Waals surface area contributed by atoms with E-state index >= 15 is 4.39 Å². The van der Waals surface area contributed by atoms with E-state index in [0.29, 0.717) is 16.3 Å². The number of nitrogens with zero attached hydrogens (tertiary/aromatic N) is 2. The average molecular weight is 688 g/mol. The first-order valence-electron chi connectivity index (χ1n) is 15.5. The SMILES string of the molecule is C=C(Cl)/C=C\C=C(/F)[C@H]1[C@H](NCc2ccc(C(=O)OC)cc2[N+](=O)[O-])[C@H](CO)N(C2CCCCCC2)[C@@]12C(=O)Nc1cc(Cl)ccc12. The third-order valence-electron chi connectivity index (χ3n) is 9.44. The maximum Gasteiger partial charge on any atom is 0.338 e. The van der Waals surface area contributed by atoms with Gasteiger partial charge in [0.1, 0.15) is 11.4 Å². The Kier molecular flexibility index (Phi) is 10.8. The zero-order chi connectivity index (χ0) is 33.9. The van der Waals surface area contributed by atoms with Crippen molar-refractivity contribution in [2.45, 2.75) is 68.7 Å². The van der Waals surface area contributed by atoms with Gasteiger partial charge in [-0.25, -0.2) is 9.18 Å². The van der Waals surface area contributed by atoms with Crippen LogP contribution in [0.25, 0.3) is 0 Å². The third kappa shape index (κ3) is 6.60. The number of carbonyl (C=O) groups is 2. The first-order chi connectivity index (χ1) is 22.5. The van der Waals surface area contributed by atoms with Gasteiger partial charge in [-0.3, -0.25) is 19.8 Å². The summed E-state index contributed by atoms with van der Waals surface area (Å²) >= 11 is 12.2. The second kappa shape index (κ2) is 14.7. The molecule has 47 heavy (non-hydrogen) atoms. The number of esters is 1. The van der Waals surface area contributed by atoms with Gasteiger partial charge >= 0.3 is 5.97 Å². The monoisotopic (exact) mass is 686 g/mol. The zero-order valence-electron chi connectivity index (χ0n) is 25.9. The van der Waals surface area contributed by atoms with Gasteiger partial charge in [-0.1, -0.05) is 73.7 Å². The molecule has 13 heteroatoms. The number of nitrogens with one attached hydrogen (secondary N) is 2. The molecule has 1 saturated heterocycles.